The highest BCUT2D eigenvalue weighted by Crippen LogP contribution is 2.21. The molecule has 0 fully saturated rings. The lowest BCUT2D eigenvalue weighted by molar-refractivity contribution is -0.123. The van der Waals surface area contributed by atoms with Crippen LogP contribution in [0.15, 0.2) is 42.5 Å². The van der Waals surface area contributed by atoms with Crippen LogP contribution in [0.4, 0.5) is 10.5 Å². The van der Waals surface area contributed by atoms with E-state index in [0.717, 1.165) is 5.56 Å². The Morgan fingerprint density at radius 1 is 1.00 bits per heavy atom. The van der Waals surface area contributed by atoms with E-state index in [1.54, 1.807) is 42.5 Å². The number of hydrogen-bond acceptors (Lipinski definition) is 3. The van der Waals surface area contributed by atoms with E-state index in [-0.39, 0.29) is 6.61 Å². The molecule has 0 saturated heterocycles. The van der Waals surface area contributed by atoms with Crippen molar-refractivity contribution in [2.75, 3.05) is 11.9 Å². The quantitative estimate of drug-likeness (QED) is 0.723. The third-order valence-corrected chi connectivity index (χ3v) is 3.40. The van der Waals surface area contributed by atoms with Crippen LogP contribution in [0.2, 0.25) is 10.0 Å². The molecule has 0 aliphatic carbocycles. The van der Waals surface area contributed by atoms with Gasteiger partial charge in [0.15, 0.2) is 6.61 Å². The zero-order valence-corrected chi connectivity index (χ0v) is 14.2. The summed E-state index contributed by atoms with van der Waals surface area (Å²) in [5.41, 5.74) is 5.81. The average Bonchev–Trinajstić information content (AvgIpc) is 2.54. The minimum Gasteiger partial charge on any atom is -0.483 e. The van der Waals surface area contributed by atoms with Gasteiger partial charge in [-0.25, -0.2) is 10.2 Å². The molecule has 3 amide bonds. The average molecular weight is 368 g/mol. The first-order chi connectivity index (χ1) is 11.4. The third-order valence-electron chi connectivity index (χ3n) is 2.91. The van der Waals surface area contributed by atoms with E-state index in [1.165, 1.54) is 0 Å². The highest BCUT2D eigenvalue weighted by atomic mass is 35.5. The van der Waals surface area contributed by atoms with Crippen LogP contribution in [-0.4, -0.2) is 18.5 Å². The van der Waals surface area contributed by atoms with Gasteiger partial charge in [0.2, 0.25) is 0 Å². The molecule has 0 aromatic heterocycles. The van der Waals surface area contributed by atoms with Gasteiger partial charge in [0.05, 0.1) is 0 Å². The summed E-state index contributed by atoms with van der Waals surface area (Å²) < 4.78 is 5.36. The van der Waals surface area contributed by atoms with Gasteiger partial charge in [0.25, 0.3) is 5.91 Å². The second-order valence-electron chi connectivity index (χ2n) is 4.83. The number of carbonyl (C=O) groups is 2. The fourth-order valence-electron chi connectivity index (χ4n) is 1.78. The topological polar surface area (TPSA) is 79.5 Å². The Labute approximate surface area is 149 Å². The van der Waals surface area contributed by atoms with Crippen molar-refractivity contribution < 1.29 is 14.3 Å². The summed E-state index contributed by atoms with van der Waals surface area (Å²) in [6, 6.07) is 11.0. The Kier molecular flexibility index (Phi) is 6.28. The highest BCUT2D eigenvalue weighted by molar-refractivity contribution is 6.31. The van der Waals surface area contributed by atoms with Crippen LogP contribution in [0.25, 0.3) is 0 Å². The summed E-state index contributed by atoms with van der Waals surface area (Å²) in [5.74, 6) is 0.0378. The number of benzene rings is 2. The summed E-state index contributed by atoms with van der Waals surface area (Å²) in [6.45, 7) is 1.57. The molecule has 3 N–H and O–H groups in total. The molecule has 126 valence electrons. The number of halogens is 2. The van der Waals surface area contributed by atoms with Crippen molar-refractivity contribution in [3.05, 3.63) is 58.1 Å². The Bertz CT molecular complexity index is 736. The van der Waals surface area contributed by atoms with E-state index in [4.69, 9.17) is 27.9 Å². The molecular formula is C16H15Cl2N3O3. The molecule has 0 bridgehead atoms. The Morgan fingerprint density at radius 2 is 1.67 bits per heavy atom. The maximum absolute atomic E-state index is 11.7. The van der Waals surface area contributed by atoms with Crippen LogP contribution in [0.5, 0.6) is 5.75 Å². The van der Waals surface area contributed by atoms with Crippen molar-refractivity contribution in [3.8, 4) is 5.75 Å². The Morgan fingerprint density at radius 3 is 2.33 bits per heavy atom. The van der Waals surface area contributed by atoms with Gasteiger partial charge in [-0.15, -0.1) is 0 Å². The standard InChI is InChI=1S/C16H15Cl2N3O3/c1-10-8-12(18)4-7-14(10)24-9-15(22)20-21-16(23)19-13-5-2-11(17)3-6-13/h2-8H,9H2,1H3,(H,20,22)(H2,19,21,23). The number of urea groups is 1. The molecule has 2 aromatic rings. The summed E-state index contributed by atoms with van der Waals surface area (Å²) in [7, 11) is 0. The van der Waals surface area contributed by atoms with Crippen molar-refractivity contribution in [2.45, 2.75) is 6.92 Å². The first-order valence-electron chi connectivity index (χ1n) is 6.94. The number of hydrazine groups is 1. The highest BCUT2D eigenvalue weighted by Gasteiger charge is 2.07. The van der Waals surface area contributed by atoms with Crippen molar-refractivity contribution in [1.82, 2.24) is 10.9 Å². The van der Waals surface area contributed by atoms with E-state index in [1.807, 2.05) is 6.92 Å². The van der Waals surface area contributed by atoms with Crippen molar-refractivity contribution in [1.29, 1.82) is 0 Å². The predicted octanol–water partition coefficient (Wildman–Crippen LogP) is 3.53. The van der Waals surface area contributed by atoms with Gasteiger partial charge in [0, 0.05) is 15.7 Å². The predicted molar refractivity (Wildman–Crippen MR) is 93.4 cm³/mol. The maximum Gasteiger partial charge on any atom is 0.337 e. The number of ether oxygens (including phenoxy) is 1. The lowest BCUT2D eigenvalue weighted by atomic mass is 10.2. The van der Waals surface area contributed by atoms with Gasteiger partial charge in [-0.1, -0.05) is 23.2 Å². The monoisotopic (exact) mass is 367 g/mol. The van der Waals surface area contributed by atoms with Crippen molar-refractivity contribution in [3.63, 3.8) is 0 Å². The fourth-order valence-corrected chi connectivity index (χ4v) is 2.13. The van der Waals surface area contributed by atoms with Crippen LogP contribution >= 0.6 is 23.2 Å². The number of rotatable bonds is 4. The number of amides is 3. The molecule has 0 aliphatic heterocycles. The van der Waals surface area contributed by atoms with Crippen molar-refractivity contribution >= 4 is 40.8 Å². The van der Waals surface area contributed by atoms with Crippen LogP contribution in [-0.2, 0) is 4.79 Å². The molecule has 0 heterocycles. The Balaban J connectivity index is 1.74. The summed E-state index contributed by atoms with van der Waals surface area (Å²) in [4.78, 5) is 23.3. The third kappa shape index (κ3) is 5.64. The van der Waals surface area contributed by atoms with Gasteiger partial charge < -0.3 is 10.1 Å². The molecular weight excluding hydrogens is 353 g/mol. The van der Waals surface area contributed by atoms with Gasteiger partial charge in [-0.05, 0) is 55.0 Å². The van der Waals surface area contributed by atoms with E-state index < -0.39 is 11.9 Å². The second-order valence-corrected chi connectivity index (χ2v) is 5.71. The number of aryl methyl sites for hydroxylation is 1. The normalized spacial score (nSPS) is 9.96. The SMILES string of the molecule is Cc1cc(Cl)ccc1OCC(=O)NNC(=O)Nc1ccc(Cl)cc1. The molecule has 0 unspecified atom stereocenters. The summed E-state index contributed by atoms with van der Waals surface area (Å²) in [6.07, 6.45) is 0. The lowest BCUT2D eigenvalue weighted by Gasteiger charge is -2.11. The van der Waals surface area contributed by atoms with Gasteiger partial charge in [-0.2, -0.15) is 0 Å². The van der Waals surface area contributed by atoms with E-state index in [2.05, 4.69) is 16.2 Å². The molecule has 0 radical (unpaired) electrons. The van der Waals surface area contributed by atoms with Gasteiger partial charge in [0.1, 0.15) is 5.75 Å². The molecule has 6 nitrogen and oxygen atoms in total. The van der Waals surface area contributed by atoms with Crippen molar-refractivity contribution in [2.24, 2.45) is 0 Å². The van der Waals surface area contributed by atoms with E-state index in [0.29, 0.717) is 21.5 Å². The van der Waals surface area contributed by atoms with E-state index >= 15 is 0 Å². The summed E-state index contributed by atoms with van der Waals surface area (Å²) in [5, 5.41) is 3.68. The smallest absolute Gasteiger partial charge is 0.337 e. The van der Waals surface area contributed by atoms with Crippen LogP contribution in [0.3, 0.4) is 0 Å². The largest absolute Gasteiger partial charge is 0.483 e. The fraction of sp³-hybridized carbons (Fsp3) is 0.125. The molecule has 2 aromatic carbocycles. The molecule has 0 saturated carbocycles. The molecule has 0 aliphatic rings. The van der Waals surface area contributed by atoms with E-state index in [9.17, 15) is 9.59 Å². The number of carbonyl (C=O) groups excluding carboxylic acids is 2. The van der Waals surface area contributed by atoms with Gasteiger partial charge >= 0.3 is 6.03 Å². The minimum atomic E-state index is -0.589. The molecule has 24 heavy (non-hydrogen) atoms. The van der Waals surface area contributed by atoms with Crippen LogP contribution in [0, 0.1) is 6.92 Å². The first kappa shape index (κ1) is 17.9. The Hall–Kier alpha value is -2.44. The lowest BCUT2D eigenvalue weighted by Crippen LogP contribution is -2.45. The van der Waals surface area contributed by atoms with Crippen LogP contribution < -0.4 is 20.9 Å². The molecule has 8 heteroatoms. The number of anilines is 1. The first-order valence-corrected chi connectivity index (χ1v) is 7.70. The number of hydrogen-bond donors (Lipinski definition) is 3. The molecule has 0 spiro atoms. The second kappa shape index (κ2) is 8.42. The molecule has 0 atom stereocenters. The zero-order valence-electron chi connectivity index (χ0n) is 12.7. The maximum atomic E-state index is 11.7. The minimum absolute atomic E-state index is 0.246. The zero-order chi connectivity index (χ0) is 17.5. The summed E-state index contributed by atoms with van der Waals surface area (Å²) >= 11 is 11.6. The van der Waals surface area contributed by atoms with Crippen LogP contribution in [0.1, 0.15) is 5.56 Å². The molecule has 2 rings (SSSR count). The van der Waals surface area contributed by atoms with Gasteiger partial charge in [-0.3, -0.25) is 10.2 Å². The number of nitrogens with one attached hydrogen (secondary N) is 3.